The fourth-order valence-corrected chi connectivity index (χ4v) is 7.06. The Bertz CT molecular complexity index is 514. The molecule has 0 amide bonds. The van der Waals surface area contributed by atoms with E-state index in [9.17, 15) is 13.5 Å². The quantitative estimate of drug-likeness (QED) is 0.823. The molecule has 0 spiro atoms. The van der Waals surface area contributed by atoms with E-state index in [1.165, 1.54) is 15.6 Å². The topological polar surface area (TPSA) is 57.6 Å². The number of aliphatic hydroxyl groups excluding tert-OH is 1. The van der Waals surface area contributed by atoms with Crippen molar-refractivity contribution in [3.8, 4) is 0 Å². The van der Waals surface area contributed by atoms with Gasteiger partial charge in [0, 0.05) is 13.1 Å². The zero-order valence-corrected chi connectivity index (χ0v) is 13.6. The normalized spacial score (nSPS) is 22.9. The van der Waals surface area contributed by atoms with Gasteiger partial charge in [0.15, 0.2) is 0 Å². The van der Waals surface area contributed by atoms with E-state index in [2.05, 4.69) is 31.9 Å². The van der Waals surface area contributed by atoms with Crippen LogP contribution in [-0.4, -0.2) is 37.0 Å². The Morgan fingerprint density at radius 2 is 2.18 bits per heavy atom. The first-order valence-electron chi connectivity index (χ1n) is 5.04. The minimum atomic E-state index is -3.50. The first-order chi connectivity index (χ1) is 7.91. The standard InChI is InChI=1S/C9H11Br2NO3S2/c10-8-4-7(9(11)16-8)17(14,15)12-3-1-2-6(13)5-12/h4,6,13H,1-3,5H2. The van der Waals surface area contributed by atoms with Crippen molar-refractivity contribution in [3.63, 3.8) is 0 Å². The maximum absolute atomic E-state index is 12.3. The summed E-state index contributed by atoms with van der Waals surface area (Å²) in [4.78, 5) is 0.267. The van der Waals surface area contributed by atoms with Crippen LogP contribution in [0.5, 0.6) is 0 Å². The predicted molar refractivity (Wildman–Crippen MR) is 73.7 cm³/mol. The van der Waals surface area contributed by atoms with Crippen molar-refractivity contribution >= 4 is 53.2 Å². The minimum absolute atomic E-state index is 0.183. The first-order valence-corrected chi connectivity index (χ1v) is 8.88. The van der Waals surface area contributed by atoms with Crippen molar-refractivity contribution in [2.45, 2.75) is 23.8 Å². The highest BCUT2D eigenvalue weighted by Gasteiger charge is 2.31. The van der Waals surface area contributed by atoms with Gasteiger partial charge in [0.25, 0.3) is 0 Å². The molecule has 1 aliphatic rings. The van der Waals surface area contributed by atoms with Gasteiger partial charge in [-0.3, -0.25) is 0 Å². The lowest BCUT2D eigenvalue weighted by Gasteiger charge is -2.28. The van der Waals surface area contributed by atoms with Crippen molar-refractivity contribution in [1.82, 2.24) is 4.31 Å². The SMILES string of the molecule is O=S(=O)(c1cc(Br)sc1Br)N1CCCC(O)C1. The molecule has 17 heavy (non-hydrogen) atoms. The number of sulfonamides is 1. The number of piperidine rings is 1. The third kappa shape index (κ3) is 2.93. The molecule has 2 rings (SSSR count). The lowest BCUT2D eigenvalue weighted by atomic mass is 10.1. The van der Waals surface area contributed by atoms with Crippen LogP contribution in [0, 0.1) is 0 Å². The lowest BCUT2D eigenvalue weighted by molar-refractivity contribution is 0.108. The molecule has 1 aromatic heterocycles. The van der Waals surface area contributed by atoms with E-state index in [0.29, 0.717) is 23.2 Å². The summed E-state index contributed by atoms with van der Waals surface area (Å²) in [6, 6.07) is 1.59. The van der Waals surface area contributed by atoms with Crippen molar-refractivity contribution in [2.24, 2.45) is 0 Å². The van der Waals surface area contributed by atoms with E-state index in [1.807, 2.05) is 0 Å². The summed E-state index contributed by atoms with van der Waals surface area (Å²) in [5, 5.41) is 9.54. The van der Waals surface area contributed by atoms with Gasteiger partial charge in [-0.25, -0.2) is 8.42 Å². The van der Waals surface area contributed by atoms with Crippen LogP contribution in [-0.2, 0) is 10.0 Å². The number of rotatable bonds is 2. The van der Waals surface area contributed by atoms with Crippen LogP contribution >= 0.6 is 43.2 Å². The Kier molecular flexibility index (Phi) is 4.32. The van der Waals surface area contributed by atoms with Crippen molar-refractivity contribution in [3.05, 3.63) is 13.6 Å². The number of thiophene rings is 1. The molecule has 96 valence electrons. The van der Waals surface area contributed by atoms with Crippen molar-refractivity contribution in [1.29, 1.82) is 0 Å². The van der Waals surface area contributed by atoms with Crippen molar-refractivity contribution < 1.29 is 13.5 Å². The second kappa shape index (κ2) is 5.26. The fourth-order valence-electron chi connectivity index (χ4n) is 1.78. The van der Waals surface area contributed by atoms with Crippen LogP contribution in [0.4, 0.5) is 0 Å². The number of nitrogens with zero attached hydrogens (tertiary/aromatic N) is 1. The van der Waals surface area contributed by atoms with Gasteiger partial charge >= 0.3 is 0 Å². The van der Waals surface area contributed by atoms with E-state index in [-0.39, 0.29) is 11.4 Å². The van der Waals surface area contributed by atoms with Crippen LogP contribution in [0.15, 0.2) is 18.5 Å². The monoisotopic (exact) mass is 403 g/mol. The molecule has 1 fully saturated rings. The zero-order valence-electron chi connectivity index (χ0n) is 8.77. The molecule has 0 aromatic carbocycles. The molecule has 1 N–H and O–H groups in total. The number of hydrogen-bond acceptors (Lipinski definition) is 4. The highest BCUT2D eigenvalue weighted by atomic mass is 79.9. The van der Waals surface area contributed by atoms with Gasteiger partial charge in [-0.15, -0.1) is 11.3 Å². The first kappa shape index (κ1) is 14.0. The third-order valence-corrected chi connectivity index (χ3v) is 7.22. The molecule has 2 heterocycles. The van der Waals surface area contributed by atoms with Crippen molar-refractivity contribution in [2.75, 3.05) is 13.1 Å². The Labute approximate surface area is 121 Å². The molecule has 4 nitrogen and oxygen atoms in total. The molecule has 1 aromatic rings. The summed E-state index contributed by atoms with van der Waals surface area (Å²) < 4.78 is 27.4. The van der Waals surface area contributed by atoms with E-state index < -0.39 is 16.1 Å². The van der Waals surface area contributed by atoms with Crippen LogP contribution in [0.2, 0.25) is 0 Å². The molecular formula is C9H11Br2NO3S2. The Morgan fingerprint density at radius 1 is 1.47 bits per heavy atom. The summed E-state index contributed by atoms with van der Waals surface area (Å²) in [6.07, 6.45) is 0.809. The van der Waals surface area contributed by atoms with Crippen LogP contribution < -0.4 is 0 Å². The third-order valence-electron chi connectivity index (χ3n) is 2.60. The largest absolute Gasteiger partial charge is 0.392 e. The maximum Gasteiger partial charge on any atom is 0.245 e. The Hall–Kier alpha value is 0.530. The second-order valence-electron chi connectivity index (χ2n) is 3.85. The lowest BCUT2D eigenvalue weighted by Crippen LogP contribution is -2.42. The number of aliphatic hydroxyl groups is 1. The number of hydrogen-bond donors (Lipinski definition) is 1. The molecular weight excluding hydrogens is 394 g/mol. The molecule has 1 saturated heterocycles. The maximum atomic E-state index is 12.3. The number of β-amino-alcohol motifs (C(OH)–C–C–N with tert-alkyl or cyclic N) is 1. The average Bonchev–Trinajstić information content (AvgIpc) is 2.58. The van der Waals surface area contributed by atoms with Crippen LogP contribution in [0.3, 0.4) is 0 Å². The fraction of sp³-hybridized carbons (Fsp3) is 0.556. The molecule has 1 atom stereocenters. The van der Waals surface area contributed by atoms with Gasteiger partial charge in [0.1, 0.15) is 4.90 Å². The van der Waals surface area contributed by atoms with Gasteiger partial charge in [-0.05, 0) is 50.8 Å². The molecule has 1 aliphatic heterocycles. The Balaban J connectivity index is 2.33. The predicted octanol–water partition coefficient (Wildman–Crippen LogP) is 2.42. The van der Waals surface area contributed by atoms with Crippen LogP contribution in [0.25, 0.3) is 0 Å². The summed E-state index contributed by atoms with van der Waals surface area (Å²) in [6.45, 7) is 0.654. The molecule has 8 heteroatoms. The summed E-state index contributed by atoms with van der Waals surface area (Å²) in [7, 11) is -3.50. The van der Waals surface area contributed by atoms with Gasteiger partial charge in [-0.1, -0.05) is 0 Å². The molecule has 0 radical (unpaired) electrons. The zero-order chi connectivity index (χ0) is 12.6. The smallest absolute Gasteiger partial charge is 0.245 e. The van der Waals surface area contributed by atoms with Gasteiger partial charge in [0.05, 0.1) is 13.7 Å². The second-order valence-corrected chi connectivity index (χ2v) is 9.50. The van der Waals surface area contributed by atoms with E-state index in [1.54, 1.807) is 6.07 Å². The van der Waals surface area contributed by atoms with Gasteiger partial charge in [0.2, 0.25) is 10.0 Å². The number of halogens is 2. The molecule has 1 unspecified atom stereocenters. The van der Waals surface area contributed by atoms with E-state index in [0.717, 1.165) is 3.79 Å². The van der Waals surface area contributed by atoms with Gasteiger partial charge in [-0.2, -0.15) is 4.31 Å². The molecule has 0 bridgehead atoms. The summed E-state index contributed by atoms with van der Waals surface area (Å²) in [5.74, 6) is 0. The van der Waals surface area contributed by atoms with Crippen LogP contribution in [0.1, 0.15) is 12.8 Å². The highest BCUT2D eigenvalue weighted by Crippen LogP contribution is 2.36. The summed E-state index contributed by atoms with van der Waals surface area (Å²) >= 11 is 7.85. The molecule has 0 aliphatic carbocycles. The minimum Gasteiger partial charge on any atom is -0.392 e. The van der Waals surface area contributed by atoms with Gasteiger partial charge < -0.3 is 5.11 Å². The summed E-state index contributed by atoms with van der Waals surface area (Å²) in [5.41, 5.74) is 0. The average molecular weight is 405 g/mol. The highest BCUT2D eigenvalue weighted by molar-refractivity contribution is 9.12. The van der Waals surface area contributed by atoms with E-state index in [4.69, 9.17) is 0 Å². The Morgan fingerprint density at radius 3 is 2.71 bits per heavy atom. The molecule has 0 saturated carbocycles. The van der Waals surface area contributed by atoms with E-state index >= 15 is 0 Å².